The normalized spacial score (nSPS) is 11.3. The van der Waals surface area contributed by atoms with Crippen LogP contribution in [0.5, 0.6) is 0 Å². The molecular weight excluding hydrogens is 314 g/mol. The number of nitrogens with one attached hydrogen (secondary N) is 1. The minimum atomic E-state index is 0.737. The number of pyridine rings is 1. The van der Waals surface area contributed by atoms with Crippen molar-refractivity contribution in [1.29, 1.82) is 0 Å². The van der Waals surface area contributed by atoms with E-state index in [1.807, 2.05) is 48.5 Å². The third-order valence-corrected chi connectivity index (χ3v) is 4.78. The lowest BCUT2D eigenvalue weighted by Gasteiger charge is -2.06. The molecule has 0 unspecified atom stereocenters. The van der Waals surface area contributed by atoms with Gasteiger partial charge in [-0.05, 0) is 35.9 Å². The summed E-state index contributed by atoms with van der Waals surface area (Å²) in [6.07, 6.45) is 1.80. The van der Waals surface area contributed by atoms with Crippen LogP contribution < -0.4 is 0 Å². The minimum Gasteiger partial charge on any atom is -0.333 e. The predicted molar refractivity (Wildman–Crippen MR) is 92.4 cm³/mol. The number of rotatable bonds is 3. The lowest BCUT2D eigenvalue weighted by Crippen LogP contribution is -1.88. The average molecular weight is 326 g/mol. The number of hydrogen-bond donors (Lipinski definition) is 1. The maximum absolute atomic E-state index is 6.23. The van der Waals surface area contributed by atoms with Gasteiger partial charge < -0.3 is 4.98 Å². The maximum Gasteiger partial charge on any atom is 0.166 e. The molecule has 22 heavy (non-hydrogen) atoms. The van der Waals surface area contributed by atoms with Crippen molar-refractivity contribution in [3.8, 4) is 0 Å². The molecule has 1 N–H and O–H groups in total. The zero-order valence-electron chi connectivity index (χ0n) is 11.6. The van der Waals surface area contributed by atoms with E-state index in [-0.39, 0.29) is 0 Å². The van der Waals surface area contributed by atoms with E-state index in [9.17, 15) is 0 Å². The number of para-hydroxylation sites is 2. The molecule has 0 aliphatic rings. The molecule has 0 aliphatic carbocycles. The third-order valence-electron chi connectivity index (χ3n) is 3.53. The molecule has 4 aromatic rings. The Morgan fingerprint density at radius 3 is 2.86 bits per heavy atom. The summed E-state index contributed by atoms with van der Waals surface area (Å²) in [5, 5.41) is 2.65. The zero-order chi connectivity index (χ0) is 14.9. The molecule has 2 aromatic heterocycles. The van der Waals surface area contributed by atoms with Crippen molar-refractivity contribution in [1.82, 2.24) is 15.0 Å². The fourth-order valence-corrected chi connectivity index (χ4v) is 3.54. The number of aromatic amines is 1. The van der Waals surface area contributed by atoms with E-state index >= 15 is 0 Å². The summed E-state index contributed by atoms with van der Waals surface area (Å²) >= 11 is 7.90. The Kier molecular flexibility index (Phi) is 3.48. The number of nitrogens with zero attached hydrogens (tertiary/aromatic N) is 2. The Balaban J connectivity index is 1.65. The number of H-pyrrole nitrogens is 1. The van der Waals surface area contributed by atoms with Crippen LogP contribution in [0.25, 0.3) is 21.9 Å². The van der Waals surface area contributed by atoms with Crippen molar-refractivity contribution in [3.05, 3.63) is 65.3 Å². The first-order valence-electron chi connectivity index (χ1n) is 6.91. The molecule has 108 valence electrons. The van der Waals surface area contributed by atoms with Gasteiger partial charge >= 0.3 is 0 Å². The zero-order valence-corrected chi connectivity index (χ0v) is 13.2. The standard InChI is InChI=1S/C17H12ClN3S/c18-13-8-7-11(16-12(13)4-3-9-19-16)10-22-17-20-14-5-1-2-6-15(14)21-17/h1-9H,10H2,(H,20,21). The van der Waals surface area contributed by atoms with Gasteiger partial charge in [0.05, 0.1) is 16.6 Å². The molecule has 0 atom stereocenters. The highest BCUT2D eigenvalue weighted by atomic mass is 35.5. The number of thioether (sulfide) groups is 1. The molecule has 0 fully saturated rings. The molecule has 5 heteroatoms. The van der Waals surface area contributed by atoms with Crippen LogP contribution in [0.4, 0.5) is 0 Å². The van der Waals surface area contributed by atoms with Gasteiger partial charge in [0.1, 0.15) is 0 Å². The van der Waals surface area contributed by atoms with Gasteiger partial charge in [-0.15, -0.1) is 0 Å². The van der Waals surface area contributed by atoms with Crippen LogP contribution >= 0.6 is 23.4 Å². The lowest BCUT2D eigenvalue weighted by atomic mass is 10.1. The van der Waals surface area contributed by atoms with E-state index in [4.69, 9.17) is 11.6 Å². The monoisotopic (exact) mass is 325 g/mol. The van der Waals surface area contributed by atoms with Crippen LogP contribution in [-0.4, -0.2) is 15.0 Å². The van der Waals surface area contributed by atoms with Crippen molar-refractivity contribution in [2.75, 3.05) is 0 Å². The summed E-state index contributed by atoms with van der Waals surface area (Å²) in [6, 6.07) is 15.9. The van der Waals surface area contributed by atoms with E-state index in [1.165, 1.54) is 0 Å². The van der Waals surface area contributed by atoms with Crippen molar-refractivity contribution < 1.29 is 0 Å². The van der Waals surface area contributed by atoms with Crippen LogP contribution in [0, 0.1) is 0 Å². The number of benzene rings is 2. The SMILES string of the molecule is Clc1ccc(CSc2nc3ccccc3[nH]2)c2ncccc12. The van der Waals surface area contributed by atoms with Gasteiger partial charge in [-0.3, -0.25) is 4.98 Å². The molecule has 0 spiro atoms. The van der Waals surface area contributed by atoms with Gasteiger partial charge in [-0.25, -0.2) is 4.98 Å². The Bertz CT molecular complexity index is 931. The molecule has 0 saturated carbocycles. The summed E-state index contributed by atoms with van der Waals surface area (Å²) < 4.78 is 0. The molecule has 0 saturated heterocycles. The fourth-order valence-electron chi connectivity index (χ4n) is 2.46. The predicted octanol–water partition coefficient (Wildman–Crippen LogP) is 5.06. The Hall–Kier alpha value is -2.04. The fraction of sp³-hybridized carbons (Fsp3) is 0.0588. The topological polar surface area (TPSA) is 41.6 Å². The largest absolute Gasteiger partial charge is 0.333 e. The van der Waals surface area contributed by atoms with Crippen LogP contribution in [0.1, 0.15) is 5.56 Å². The van der Waals surface area contributed by atoms with E-state index in [1.54, 1.807) is 18.0 Å². The molecule has 2 aromatic carbocycles. The Morgan fingerprint density at radius 2 is 1.95 bits per heavy atom. The molecule has 4 rings (SSSR count). The third kappa shape index (κ3) is 2.45. The number of hydrogen-bond acceptors (Lipinski definition) is 3. The Morgan fingerprint density at radius 1 is 1.05 bits per heavy atom. The molecular formula is C17H12ClN3S. The molecule has 0 bridgehead atoms. The van der Waals surface area contributed by atoms with E-state index < -0.39 is 0 Å². The highest BCUT2D eigenvalue weighted by Crippen LogP contribution is 2.29. The number of imidazole rings is 1. The molecule has 3 nitrogen and oxygen atoms in total. The van der Waals surface area contributed by atoms with Gasteiger partial charge in [-0.1, -0.05) is 41.6 Å². The highest BCUT2D eigenvalue weighted by Gasteiger charge is 2.08. The number of halogens is 1. The average Bonchev–Trinajstić information content (AvgIpc) is 2.97. The maximum atomic E-state index is 6.23. The summed E-state index contributed by atoms with van der Waals surface area (Å²) in [6.45, 7) is 0. The van der Waals surface area contributed by atoms with Crippen LogP contribution in [0.3, 0.4) is 0 Å². The highest BCUT2D eigenvalue weighted by molar-refractivity contribution is 7.98. The first kappa shape index (κ1) is 13.6. The van der Waals surface area contributed by atoms with E-state index in [2.05, 4.69) is 15.0 Å². The van der Waals surface area contributed by atoms with Crippen molar-refractivity contribution >= 4 is 45.3 Å². The summed E-state index contributed by atoms with van der Waals surface area (Å²) in [7, 11) is 0. The van der Waals surface area contributed by atoms with Crippen LogP contribution in [0.2, 0.25) is 5.02 Å². The van der Waals surface area contributed by atoms with Gasteiger partial charge in [-0.2, -0.15) is 0 Å². The summed E-state index contributed by atoms with van der Waals surface area (Å²) in [4.78, 5) is 12.4. The van der Waals surface area contributed by atoms with Crippen molar-refractivity contribution in [2.24, 2.45) is 0 Å². The first-order chi connectivity index (χ1) is 10.8. The molecule has 0 aliphatic heterocycles. The van der Waals surface area contributed by atoms with Gasteiger partial charge in [0.15, 0.2) is 5.16 Å². The molecule has 0 amide bonds. The van der Waals surface area contributed by atoms with Crippen molar-refractivity contribution in [3.63, 3.8) is 0 Å². The van der Waals surface area contributed by atoms with E-state index in [0.717, 1.165) is 43.4 Å². The number of fused-ring (bicyclic) bond motifs is 2. The Labute approximate surface area is 136 Å². The minimum absolute atomic E-state index is 0.737. The van der Waals surface area contributed by atoms with Crippen LogP contribution in [-0.2, 0) is 5.75 Å². The molecule has 2 heterocycles. The quantitative estimate of drug-likeness (QED) is 0.535. The van der Waals surface area contributed by atoms with E-state index in [0.29, 0.717) is 0 Å². The smallest absolute Gasteiger partial charge is 0.166 e. The summed E-state index contributed by atoms with van der Waals surface area (Å²) in [5.74, 6) is 0.796. The lowest BCUT2D eigenvalue weighted by molar-refractivity contribution is 1.08. The molecule has 0 radical (unpaired) electrons. The van der Waals surface area contributed by atoms with Gasteiger partial charge in [0.2, 0.25) is 0 Å². The van der Waals surface area contributed by atoms with Gasteiger partial charge in [0, 0.05) is 22.4 Å². The second-order valence-corrected chi connectivity index (χ2v) is 6.33. The summed E-state index contributed by atoms with van der Waals surface area (Å²) in [5.41, 5.74) is 4.16. The van der Waals surface area contributed by atoms with Gasteiger partial charge in [0.25, 0.3) is 0 Å². The second-order valence-electron chi connectivity index (χ2n) is 4.95. The second kappa shape index (κ2) is 5.63. The first-order valence-corrected chi connectivity index (χ1v) is 8.27. The van der Waals surface area contributed by atoms with Crippen LogP contribution in [0.15, 0.2) is 59.9 Å². The number of aromatic nitrogens is 3. The van der Waals surface area contributed by atoms with Crippen molar-refractivity contribution in [2.45, 2.75) is 10.9 Å².